The molecule has 3 rings (SSSR count). The van der Waals surface area contributed by atoms with Crippen molar-refractivity contribution < 1.29 is 9.53 Å². The van der Waals surface area contributed by atoms with Gasteiger partial charge in [-0.15, -0.1) is 0 Å². The fourth-order valence-electron chi connectivity index (χ4n) is 3.36. The standard InChI is InChI=1S/C21H25ClN4O2/c1-23-21(25-13-19(28-2)14-6-5-7-16(22)10-14)24-12-15-11-20(27)26-18-9-4-3-8-17(15)18/h3-10,15,19H,11-13H2,1-2H3,(H,26,27)(H2,23,24,25). The molecule has 0 saturated carbocycles. The second kappa shape index (κ2) is 9.57. The molecule has 6 nitrogen and oxygen atoms in total. The number of methoxy groups -OCH3 is 1. The van der Waals surface area contributed by atoms with E-state index in [-0.39, 0.29) is 17.9 Å². The molecule has 0 aliphatic carbocycles. The number of guanidine groups is 1. The molecule has 1 aliphatic rings. The number of ether oxygens (including phenoxy) is 1. The number of carbonyl (C=O) groups excluding carboxylic acids is 1. The fraction of sp³-hybridized carbons (Fsp3) is 0.333. The Bertz CT molecular complexity index is 856. The topological polar surface area (TPSA) is 74.8 Å². The Kier molecular flexibility index (Phi) is 6.90. The van der Waals surface area contributed by atoms with E-state index in [0.29, 0.717) is 30.5 Å². The SMILES string of the molecule is CN=C(NCC1CC(=O)Nc2ccccc21)NCC(OC)c1cccc(Cl)c1. The third-order valence-corrected chi connectivity index (χ3v) is 5.04. The number of carbonyl (C=O) groups is 1. The Morgan fingerprint density at radius 3 is 2.86 bits per heavy atom. The Morgan fingerprint density at radius 2 is 2.11 bits per heavy atom. The minimum Gasteiger partial charge on any atom is -0.375 e. The first-order valence-corrected chi connectivity index (χ1v) is 9.60. The Balaban J connectivity index is 1.59. The van der Waals surface area contributed by atoms with Crippen LogP contribution in [0.25, 0.3) is 0 Å². The lowest BCUT2D eigenvalue weighted by Crippen LogP contribution is -2.42. The number of halogens is 1. The summed E-state index contributed by atoms with van der Waals surface area (Å²) in [6, 6.07) is 15.5. The number of hydrogen-bond acceptors (Lipinski definition) is 3. The molecule has 2 unspecified atom stereocenters. The molecule has 2 aromatic carbocycles. The van der Waals surface area contributed by atoms with Gasteiger partial charge in [-0.25, -0.2) is 0 Å². The number of rotatable bonds is 6. The number of benzene rings is 2. The lowest BCUT2D eigenvalue weighted by molar-refractivity contribution is -0.116. The quantitative estimate of drug-likeness (QED) is 0.513. The number of anilines is 1. The van der Waals surface area contributed by atoms with Crippen LogP contribution in [0.2, 0.25) is 5.02 Å². The molecule has 1 amide bonds. The molecule has 1 aliphatic heterocycles. The zero-order valence-electron chi connectivity index (χ0n) is 16.0. The van der Waals surface area contributed by atoms with Gasteiger partial charge in [-0.3, -0.25) is 9.79 Å². The average Bonchev–Trinajstić information content (AvgIpc) is 2.70. The van der Waals surface area contributed by atoms with Crippen molar-refractivity contribution in [2.45, 2.75) is 18.4 Å². The molecule has 0 fully saturated rings. The van der Waals surface area contributed by atoms with E-state index in [4.69, 9.17) is 16.3 Å². The maximum Gasteiger partial charge on any atom is 0.225 e. The van der Waals surface area contributed by atoms with Gasteiger partial charge in [0.1, 0.15) is 0 Å². The van der Waals surface area contributed by atoms with Gasteiger partial charge in [0.2, 0.25) is 5.91 Å². The lowest BCUT2D eigenvalue weighted by Gasteiger charge is -2.26. The number of nitrogens with zero attached hydrogens (tertiary/aromatic N) is 1. The molecule has 0 bridgehead atoms. The molecule has 2 aromatic rings. The zero-order valence-corrected chi connectivity index (χ0v) is 16.8. The second-order valence-corrected chi connectivity index (χ2v) is 7.09. The van der Waals surface area contributed by atoms with Crippen LogP contribution < -0.4 is 16.0 Å². The van der Waals surface area contributed by atoms with Crippen LogP contribution in [0.3, 0.4) is 0 Å². The van der Waals surface area contributed by atoms with Crippen molar-refractivity contribution in [3.05, 3.63) is 64.7 Å². The van der Waals surface area contributed by atoms with Gasteiger partial charge < -0.3 is 20.7 Å². The van der Waals surface area contributed by atoms with Gasteiger partial charge in [0.05, 0.1) is 6.10 Å². The maximum atomic E-state index is 12.0. The molecule has 148 valence electrons. The van der Waals surface area contributed by atoms with Gasteiger partial charge in [0, 0.05) is 50.3 Å². The monoisotopic (exact) mass is 400 g/mol. The van der Waals surface area contributed by atoms with Crippen molar-refractivity contribution in [1.82, 2.24) is 10.6 Å². The number of hydrogen-bond donors (Lipinski definition) is 3. The molecule has 2 atom stereocenters. The second-order valence-electron chi connectivity index (χ2n) is 6.65. The number of nitrogens with one attached hydrogen (secondary N) is 3. The summed E-state index contributed by atoms with van der Waals surface area (Å²) < 4.78 is 5.58. The van der Waals surface area contributed by atoms with E-state index in [0.717, 1.165) is 16.8 Å². The number of aliphatic imine (C=N–C) groups is 1. The highest BCUT2D eigenvalue weighted by Gasteiger charge is 2.24. The summed E-state index contributed by atoms with van der Waals surface area (Å²) in [6.45, 7) is 1.15. The summed E-state index contributed by atoms with van der Waals surface area (Å²) in [4.78, 5) is 16.3. The van der Waals surface area contributed by atoms with Crippen molar-refractivity contribution >= 4 is 29.2 Å². The lowest BCUT2D eigenvalue weighted by atomic mass is 9.90. The highest BCUT2D eigenvalue weighted by atomic mass is 35.5. The van der Waals surface area contributed by atoms with Crippen LogP contribution in [0.5, 0.6) is 0 Å². The first-order valence-electron chi connectivity index (χ1n) is 9.22. The minimum atomic E-state index is -0.154. The van der Waals surface area contributed by atoms with Crippen molar-refractivity contribution in [2.24, 2.45) is 4.99 Å². The van der Waals surface area contributed by atoms with E-state index < -0.39 is 0 Å². The largest absolute Gasteiger partial charge is 0.375 e. The zero-order chi connectivity index (χ0) is 19.9. The van der Waals surface area contributed by atoms with Crippen molar-refractivity contribution in [2.75, 3.05) is 32.6 Å². The normalized spacial score (nSPS) is 17.5. The van der Waals surface area contributed by atoms with Crippen LogP contribution in [0.4, 0.5) is 5.69 Å². The molecule has 0 saturated heterocycles. The molecule has 0 spiro atoms. The number of amides is 1. The smallest absolute Gasteiger partial charge is 0.225 e. The van der Waals surface area contributed by atoms with Crippen molar-refractivity contribution in [3.8, 4) is 0 Å². The number of fused-ring (bicyclic) bond motifs is 1. The summed E-state index contributed by atoms with van der Waals surface area (Å²) in [7, 11) is 3.39. The van der Waals surface area contributed by atoms with Crippen LogP contribution in [-0.4, -0.2) is 39.1 Å². The highest BCUT2D eigenvalue weighted by molar-refractivity contribution is 6.30. The van der Waals surface area contributed by atoms with Gasteiger partial charge in [0.15, 0.2) is 5.96 Å². The third kappa shape index (κ3) is 5.03. The maximum absolute atomic E-state index is 12.0. The van der Waals surface area contributed by atoms with Crippen molar-refractivity contribution in [1.29, 1.82) is 0 Å². The van der Waals surface area contributed by atoms with Crippen LogP contribution in [-0.2, 0) is 9.53 Å². The number of para-hydroxylation sites is 1. The Hall–Kier alpha value is -2.57. The molecular formula is C21H25ClN4O2. The third-order valence-electron chi connectivity index (χ3n) is 4.81. The molecule has 3 N–H and O–H groups in total. The Morgan fingerprint density at radius 1 is 1.29 bits per heavy atom. The van der Waals surface area contributed by atoms with E-state index in [9.17, 15) is 4.79 Å². The summed E-state index contributed by atoms with van der Waals surface area (Å²) in [5, 5.41) is 10.2. The summed E-state index contributed by atoms with van der Waals surface area (Å²) >= 11 is 6.08. The van der Waals surface area contributed by atoms with Gasteiger partial charge >= 0.3 is 0 Å². The first kappa shape index (κ1) is 20.2. The van der Waals surface area contributed by atoms with E-state index in [1.165, 1.54) is 0 Å². The molecule has 7 heteroatoms. The molecular weight excluding hydrogens is 376 g/mol. The van der Waals surface area contributed by atoms with Crippen LogP contribution >= 0.6 is 11.6 Å². The molecule has 1 heterocycles. The van der Waals surface area contributed by atoms with Crippen molar-refractivity contribution in [3.63, 3.8) is 0 Å². The average molecular weight is 401 g/mol. The van der Waals surface area contributed by atoms with Gasteiger partial charge in [-0.2, -0.15) is 0 Å². The molecule has 0 radical (unpaired) electrons. The highest BCUT2D eigenvalue weighted by Crippen LogP contribution is 2.31. The minimum absolute atomic E-state index is 0.0360. The van der Waals surface area contributed by atoms with Gasteiger partial charge in [0.25, 0.3) is 0 Å². The first-order chi connectivity index (χ1) is 13.6. The van der Waals surface area contributed by atoms with E-state index in [1.54, 1.807) is 14.2 Å². The van der Waals surface area contributed by atoms with Crippen LogP contribution in [0.1, 0.15) is 29.6 Å². The fourth-order valence-corrected chi connectivity index (χ4v) is 3.56. The predicted octanol–water partition coefficient (Wildman–Crippen LogP) is 3.32. The summed E-state index contributed by atoms with van der Waals surface area (Å²) in [5.41, 5.74) is 3.02. The van der Waals surface area contributed by atoms with E-state index >= 15 is 0 Å². The van der Waals surface area contributed by atoms with E-state index in [2.05, 4.69) is 27.0 Å². The van der Waals surface area contributed by atoms with E-state index in [1.807, 2.05) is 42.5 Å². The summed E-state index contributed by atoms with van der Waals surface area (Å²) in [5.74, 6) is 0.788. The Labute approximate surface area is 170 Å². The predicted molar refractivity (Wildman–Crippen MR) is 113 cm³/mol. The summed E-state index contributed by atoms with van der Waals surface area (Å²) in [6.07, 6.45) is 0.294. The molecule has 28 heavy (non-hydrogen) atoms. The van der Waals surface area contributed by atoms with Gasteiger partial charge in [-0.05, 0) is 29.3 Å². The van der Waals surface area contributed by atoms with Crippen LogP contribution in [0.15, 0.2) is 53.5 Å². The van der Waals surface area contributed by atoms with Crippen LogP contribution in [0, 0.1) is 0 Å². The van der Waals surface area contributed by atoms with Gasteiger partial charge in [-0.1, -0.05) is 41.9 Å². The molecule has 0 aromatic heterocycles.